The van der Waals surface area contributed by atoms with Crippen molar-refractivity contribution in [2.75, 3.05) is 19.8 Å². The van der Waals surface area contributed by atoms with Crippen molar-refractivity contribution in [1.29, 1.82) is 0 Å². The number of hydrogen-bond acceptors (Lipinski definition) is 4. The highest BCUT2D eigenvalue weighted by Crippen LogP contribution is 2.16. The van der Waals surface area contributed by atoms with E-state index in [4.69, 9.17) is 19.5 Å². The summed E-state index contributed by atoms with van der Waals surface area (Å²) in [6, 6.07) is 3.63. The molecule has 1 atom stereocenters. The van der Waals surface area contributed by atoms with E-state index in [1.54, 1.807) is 0 Å². The van der Waals surface area contributed by atoms with Gasteiger partial charge in [0.25, 0.3) is 0 Å². The van der Waals surface area contributed by atoms with Gasteiger partial charge in [-0.1, -0.05) is 6.07 Å². The summed E-state index contributed by atoms with van der Waals surface area (Å²) in [4.78, 5) is 0. The summed E-state index contributed by atoms with van der Waals surface area (Å²) in [5, 5.41) is 18.2. The van der Waals surface area contributed by atoms with E-state index in [-0.39, 0.29) is 17.1 Å². The highest BCUT2D eigenvalue weighted by Gasteiger charge is 2.20. The lowest BCUT2D eigenvalue weighted by Crippen LogP contribution is -2.32. The molecule has 1 fully saturated rings. The summed E-state index contributed by atoms with van der Waals surface area (Å²) in [6.07, 6.45) is 0.909. The molecule has 1 aliphatic rings. The van der Waals surface area contributed by atoms with Crippen LogP contribution < -0.4 is 10.2 Å². The Morgan fingerprint density at radius 1 is 1.47 bits per heavy atom. The second-order valence-corrected chi connectivity index (χ2v) is 4.10. The summed E-state index contributed by atoms with van der Waals surface area (Å²) >= 11 is 0. The molecule has 0 aliphatic carbocycles. The van der Waals surface area contributed by atoms with Gasteiger partial charge < -0.3 is 19.5 Å². The Kier molecular flexibility index (Phi) is 3.99. The molecule has 1 aromatic rings. The van der Waals surface area contributed by atoms with E-state index in [0.717, 1.165) is 12.5 Å². The lowest BCUT2D eigenvalue weighted by atomic mass is 9.79. The van der Waals surface area contributed by atoms with Crippen LogP contribution >= 0.6 is 0 Å². The van der Waals surface area contributed by atoms with Crippen molar-refractivity contribution < 1.29 is 23.9 Å². The summed E-state index contributed by atoms with van der Waals surface area (Å²) < 4.78 is 23.7. The predicted octanol–water partition coefficient (Wildman–Crippen LogP) is -0.0792. The fourth-order valence-corrected chi connectivity index (χ4v) is 1.77. The van der Waals surface area contributed by atoms with Crippen molar-refractivity contribution in [1.82, 2.24) is 0 Å². The molecule has 0 saturated carbocycles. The molecule has 1 heterocycles. The van der Waals surface area contributed by atoms with Gasteiger partial charge in [0, 0.05) is 24.1 Å². The number of halogens is 1. The first kappa shape index (κ1) is 12.4. The molecule has 0 aromatic heterocycles. The molecule has 1 aromatic carbocycles. The zero-order chi connectivity index (χ0) is 12.3. The van der Waals surface area contributed by atoms with Gasteiger partial charge >= 0.3 is 7.12 Å². The molecule has 2 rings (SSSR count). The summed E-state index contributed by atoms with van der Waals surface area (Å²) in [5.74, 6) is -0.0130. The zero-order valence-electron chi connectivity index (χ0n) is 9.30. The summed E-state index contributed by atoms with van der Waals surface area (Å²) in [5.41, 5.74) is 0.172. The van der Waals surface area contributed by atoms with Crippen molar-refractivity contribution in [2.24, 2.45) is 5.92 Å². The molecular weight excluding hydrogens is 226 g/mol. The van der Waals surface area contributed by atoms with Crippen molar-refractivity contribution in [2.45, 2.75) is 6.42 Å². The average Bonchev–Trinajstić information content (AvgIpc) is 2.78. The Labute approximate surface area is 99.1 Å². The fourth-order valence-electron chi connectivity index (χ4n) is 1.77. The molecule has 0 spiro atoms. The van der Waals surface area contributed by atoms with Crippen LogP contribution in [0.25, 0.3) is 0 Å². The molecular formula is C11H14BFO4. The maximum absolute atomic E-state index is 13.0. The van der Waals surface area contributed by atoms with Gasteiger partial charge in [0.2, 0.25) is 0 Å². The maximum atomic E-state index is 13.0. The van der Waals surface area contributed by atoms with E-state index in [1.165, 1.54) is 12.1 Å². The Hall–Kier alpha value is -1.11. The Balaban J connectivity index is 2.04. The fraction of sp³-hybridized carbons (Fsp3) is 0.455. The Bertz CT molecular complexity index is 380. The van der Waals surface area contributed by atoms with Crippen LogP contribution in [-0.2, 0) is 4.74 Å². The van der Waals surface area contributed by atoms with Gasteiger partial charge in [0.15, 0.2) is 0 Å². The number of rotatable bonds is 4. The molecule has 0 amide bonds. The van der Waals surface area contributed by atoms with E-state index >= 15 is 0 Å². The van der Waals surface area contributed by atoms with Crippen molar-refractivity contribution in [3.63, 3.8) is 0 Å². The minimum Gasteiger partial charge on any atom is -0.493 e. The van der Waals surface area contributed by atoms with Crippen LogP contribution in [0.3, 0.4) is 0 Å². The predicted molar refractivity (Wildman–Crippen MR) is 60.6 cm³/mol. The van der Waals surface area contributed by atoms with Crippen LogP contribution in [0.15, 0.2) is 18.2 Å². The molecule has 1 unspecified atom stereocenters. The molecule has 17 heavy (non-hydrogen) atoms. The van der Waals surface area contributed by atoms with E-state index in [2.05, 4.69) is 0 Å². The van der Waals surface area contributed by atoms with Gasteiger partial charge in [-0.2, -0.15) is 0 Å². The third kappa shape index (κ3) is 3.18. The first-order chi connectivity index (χ1) is 8.16. The minimum atomic E-state index is -1.66. The second-order valence-electron chi connectivity index (χ2n) is 4.10. The molecule has 6 heteroatoms. The van der Waals surface area contributed by atoms with Crippen LogP contribution in [0, 0.1) is 11.7 Å². The van der Waals surface area contributed by atoms with E-state index in [0.29, 0.717) is 19.8 Å². The molecule has 92 valence electrons. The largest absolute Gasteiger partial charge is 0.493 e. The Morgan fingerprint density at radius 2 is 2.29 bits per heavy atom. The van der Waals surface area contributed by atoms with E-state index < -0.39 is 12.9 Å². The molecule has 2 N–H and O–H groups in total. The van der Waals surface area contributed by atoms with Gasteiger partial charge in [-0.25, -0.2) is 4.39 Å². The molecule has 0 radical (unpaired) electrons. The van der Waals surface area contributed by atoms with Crippen LogP contribution in [-0.4, -0.2) is 37.0 Å². The first-order valence-corrected chi connectivity index (χ1v) is 5.53. The summed E-state index contributed by atoms with van der Waals surface area (Å²) in [6.45, 7) is 1.74. The van der Waals surface area contributed by atoms with Gasteiger partial charge in [0.1, 0.15) is 11.6 Å². The zero-order valence-corrected chi connectivity index (χ0v) is 9.30. The van der Waals surface area contributed by atoms with Gasteiger partial charge in [0.05, 0.1) is 13.2 Å². The quantitative estimate of drug-likeness (QED) is 0.723. The maximum Gasteiger partial charge on any atom is 0.492 e. The normalized spacial score (nSPS) is 19.4. The van der Waals surface area contributed by atoms with Crippen molar-refractivity contribution in [3.8, 4) is 5.75 Å². The summed E-state index contributed by atoms with van der Waals surface area (Å²) in [7, 11) is -1.66. The smallest absolute Gasteiger partial charge is 0.492 e. The number of ether oxygens (including phenoxy) is 2. The molecule has 0 bridgehead atoms. The standard InChI is InChI=1S/C11H14BFO4/c13-9-1-2-10(12(14)15)11(5-9)17-7-8-3-4-16-6-8/h1-2,5,8,14-15H,3-4,6-7H2. The minimum absolute atomic E-state index is 0.172. The van der Waals surface area contributed by atoms with Gasteiger partial charge in [-0.3, -0.25) is 0 Å². The number of hydrogen-bond donors (Lipinski definition) is 2. The highest BCUT2D eigenvalue weighted by molar-refractivity contribution is 6.59. The average molecular weight is 240 g/mol. The lowest BCUT2D eigenvalue weighted by molar-refractivity contribution is 0.167. The lowest BCUT2D eigenvalue weighted by Gasteiger charge is -2.13. The van der Waals surface area contributed by atoms with Crippen LogP contribution in [0.1, 0.15) is 6.42 Å². The van der Waals surface area contributed by atoms with Crippen LogP contribution in [0.5, 0.6) is 5.75 Å². The number of benzene rings is 1. The van der Waals surface area contributed by atoms with Crippen LogP contribution in [0.4, 0.5) is 4.39 Å². The SMILES string of the molecule is OB(O)c1ccc(F)cc1OCC1CCOC1. The van der Waals surface area contributed by atoms with E-state index in [1.807, 2.05) is 0 Å². The molecule has 1 aliphatic heterocycles. The third-order valence-electron chi connectivity index (χ3n) is 2.75. The highest BCUT2D eigenvalue weighted by atomic mass is 19.1. The van der Waals surface area contributed by atoms with Crippen molar-refractivity contribution in [3.05, 3.63) is 24.0 Å². The second kappa shape index (κ2) is 5.49. The molecule has 1 saturated heterocycles. The topological polar surface area (TPSA) is 58.9 Å². The van der Waals surface area contributed by atoms with Crippen molar-refractivity contribution >= 4 is 12.6 Å². The van der Waals surface area contributed by atoms with Gasteiger partial charge in [-0.15, -0.1) is 0 Å². The van der Waals surface area contributed by atoms with Crippen LogP contribution in [0.2, 0.25) is 0 Å². The van der Waals surface area contributed by atoms with E-state index in [9.17, 15) is 4.39 Å². The third-order valence-corrected chi connectivity index (χ3v) is 2.75. The monoisotopic (exact) mass is 240 g/mol. The Morgan fingerprint density at radius 3 is 2.94 bits per heavy atom. The van der Waals surface area contributed by atoms with Gasteiger partial charge in [-0.05, 0) is 12.5 Å². The molecule has 4 nitrogen and oxygen atoms in total. The first-order valence-electron chi connectivity index (χ1n) is 5.53.